The fourth-order valence-electron chi connectivity index (χ4n) is 2.57. The van der Waals surface area contributed by atoms with E-state index < -0.39 is 0 Å². The van der Waals surface area contributed by atoms with Gasteiger partial charge in [-0.05, 0) is 31.1 Å². The highest BCUT2D eigenvalue weighted by Gasteiger charge is 2.27. The van der Waals surface area contributed by atoms with Gasteiger partial charge < -0.3 is 15.3 Å². The maximum atomic E-state index is 12.1. The van der Waals surface area contributed by atoms with Crippen LogP contribution in [-0.2, 0) is 9.59 Å². The first-order valence-electron chi connectivity index (χ1n) is 7.50. The van der Waals surface area contributed by atoms with Crippen molar-refractivity contribution in [2.24, 2.45) is 11.3 Å². The molecule has 5 nitrogen and oxygen atoms in total. The summed E-state index contributed by atoms with van der Waals surface area (Å²) in [6.45, 7) is 7.97. The summed E-state index contributed by atoms with van der Waals surface area (Å²) >= 11 is 0. The Labute approximate surface area is 121 Å². The van der Waals surface area contributed by atoms with Gasteiger partial charge in [0.25, 0.3) is 0 Å². The molecule has 0 aliphatic carbocycles. The number of rotatable bonds is 6. The Kier molecular flexibility index (Phi) is 6.46. The number of nitrogens with one attached hydrogen (secondary N) is 1. The normalized spacial score (nSPS) is 17.1. The highest BCUT2D eigenvalue weighted by Crippen LogP contribution is 2.22. The topological polar surface area (TPSA) is 69.6 Å². The second-order valence-corrected chi connectivity index (χ2v) is 6.49. The van der Waals surface area contributed by atoms with Gasteiger partial charge in [0.2, 0.25) is 11.8 Å². The summed E-state index contributed by atoms with van der Waals surface area (Å²) in [5.41, 5.74) is 0.0124. The molecular formula is C15H28N2O3. The first-order valence-corrected chi connectivity index (χ1v) is 7.50. The van der Waals surface area contributed by atoms with E-state index in [0.717, 1.165) is 25.7 Å². The molecular weight excluding hydrogens is 256 g/mol. The molecule has 20 heavy (non-hydrogen) atoms. The number of aliphatic hydroxyl groups is 1. The first-order chi connectivity index (χ1) is 9.35. The van der Waals surface area contributed by atoms with Crippen molar-refractivity contribution in [1.29, 1.82) is 0 Å². The second-order valence-electron chi connectivity index (χ2n) is 6.49. The molecule has 0 aromatic carbocycles. The summed E-state index contributed by atoms with van der Waals surface area (Å²) in [5.74, 6) is 0.221. The molecule has 1 aliphatic heterocycles. The van der Waals surface area contributed by atoms with Crippen LogP contribution in [0.5, 0.6) is 0 Å². The maximum absolute atomic E-state index is 12.1. The Morgan fingerprint density at radius 1 is 1.30 bits per heavy atom. The predicted octanol–water partition coefficient (Wildman–Crippen LogP) is 1.16. The van der Waals surface area contributed by atoms with Crippen molar-refractivity contribution in [3.63, 3.8) is 0 Å². The van der Waals surface area contributed by atoms with Crippen LogP contribution in [0.4, 0.5) is 0 Å². The van der Waals surface area contributed by atoms with E-state index in [9.17, 15) is 9.59 Å². The fourth-order valence-corrected chi connectivity index (χ4v) is 2.57. The number of aliphatic hydroxyl groups excluding tert-OH is 1. The van der Waals surface area contributed by atoms with Gasteiger partial charge in [0.15, 0.2) is 0 Å². The maximum Gasteiger partial charge on any atom is 0.223 e. The van der Waals surface area contributed by atoms with Crippen LogP contribution in [0.25, 0.3) is 0 Å². The van der Waals surface area contributed by atoms with E-state index in [2.05, 4.69) is 19.2 Å². The molecule has 0 atom stereocenters. The van der Waals surface area contributed by atoms with E-state index >= 15 is 0 Å². The Balaban J connectivity index is 2.32. The van der Waals surface area contributed by atoms with Crippen LogP contribution in [0.15, 0.2) is 0 Å². The van der Waals surface area contributed by atoms with Crippen molar-refractivity contribution in [3.8, 4) is 0 Å². The molecule has 0 radical (unpaired) electrons. The van der Waals surface area contributed by atoms with E-state index in [1.165, 1.54) is 0 Å². The van der Waals surface area contributed by atoms with Gasteiger partial charge in [0, 0.05) is 39.1 Å². The quantitative estimate of drug-likeness (QED) is 0.769. The molecule has 0 saturated carbocycles. The molecule has 1 saturated heterocycles. The molecule has 0 unspecified atom stereocenters. The zero-order valence-electron chi connectivity index (χ0n) is 12.9. The van der Waals surface area contributed by atoms with Crippen molar-refractivity contribution < 1.29 is 14.7 Å². The number of hydrogen-bond acceptors (Lipinski definition) is 3. The van der Waals surface area contributed by atoms with Gasteiger partial charge in [-0.3, -0.25) is 9.59 Å². The monoisotopic (exact) mass is 284 g/mol. The van der Waals surface area contributed by atoms with Crippen molar-refractivity contribution >= 4 is 11.8 Å². The molecule has 2 N–H and O–H groups in total. The molecule has 1 fully saturated rings. The lowest BCUT2D eigenvalue weighted by Gasteiger charge is -2.31. The fraction of sp³-hybridized carbons (Fsp3) is 0.867. The van der Waals surface area contributed by atoms with Crippen LogP contribution >= 0.6 is 0 Å². The summed E-state index contributed by atoms with van der Waals surface area (Å²) in [6, 6.07) is 0. The average Bonchev–Trinajstić information content (AvgIpc) is 2.43. The number of hydrogen-bond donors (Lipinski definition) is 2. The molecule has 5 heteroatoms. The summed E-state index contributed by atoms with van der Waals surface area (Å²) < 4.78 is 0. The van der Waals surface area contributed by atoms with E-state index in [1.54, 1.807) is 11.8 Å². The molecule has 116 valence electrons. The Bertz CT molecular complexity index is 334. The van der Waals surface area contributed by atoms with Crippen molar-refractivity contribution in [1.82, 2.24) is 10.2 Å². The summed E-state index contributed by atoms with van der Waals surface area (Å²) in [4.78, 5) is 25.2. The third-order valence-electron chi connectivity index (χ3n) is 4.06. The van der Waals surface area contributed by atoms with Crippen LogP contribution in [0.2, 0.25) is 0 Å². The Morgan fingerprint density at radius 2 is 1.90 bits per heavy atom. The van der Waals surface area contributed by atoms with Crippen LogP contribution in [0.3, 0.4) is 0 Å². The minimum atomic E-state index is 0.0124. The lowest BCUT2D eigenvalue weighted by atomic mass is 9.87. The molecule has 1 heterocycles. The van der Waals surface area contributed by atoms with Crippen LogP contribution < -0.4 is 5.32 Å². The lowest BCUT2D eigenvalue weighted by Crippen LogP contribution is -2.44. The molecule has 0 bridgehead atoms. The van der Waals surface area contributed by atoms with Crippen molar-refractivity contribution in [2.75, 3.05) is 26.2 Å². The lowest BCUT2D eigenvalue weighted by molar-refractivity contribution is -0.134. The minimum Gasteiger partial charge on any atom is -0.396 e. The first kappa shape index (κ1) is 17.0. The number of piperidine rings is 1. The van der Waals surface area contributed by atoms with Gasteiger partial charge in [-0.15, -0.1) is 0 Å². The van der Waals surface area contributed by atoms with Gasteiger partial charge in [-0.25, -0.2) is 0 Å². The molecule has 1 aliphatic rings. The summed E-state index contributed by atoms with van der Waals surface area (Å²) in [5, 5.41) is 11.9. The van der Waals surface area contributed by atoms with Crippen LogP contribution in [0.1, 0.15) is 46.5 Å². The second kappa shape index (κ2) is 7.62. The highest BCUT2D eigenvalue weighted by molar-refractivity contribution is 5.79. The van der Waals surface area contributed by atoms with Gasteiger partial charge in [-0.2, -0.15) is 0 Å². The SMILES string of the molecule is CC(=O)N1CCC(C(=O)NCC(C)(C)CCCO)CC1. The highest BCUT2D eigenvalue weighted by atomic mass is 16.3. The number of carbonyl (C=O) groups excluding carboxylic acids is 2. The van der Waals surface area contributed by atoms with Gasteiger partial charge in [0.1, 0.15) is 0 Å². The summed E-state index contributed by atoms with van der Waals surface area (Å²) in [7, 11) is 0. The number of carbonyl (C=O) groups is 2. The van der Waals surface area contributed by atoms with E-state index in [1.807, 2.05) is 0 Å². The van der Waals surface area contributed by atoms with Gasteiger partial charge in [0.05, 0.1) is 0 Å². The largest absolute Gasteiger partial charge is 0.396 e. The predicted molar refractivity (Wildman–Crippen MR) is 78.1 cm³/mol. The minimum absolute atomic E-state index is 0.0124. The van der Waals surface area contributed by atoms with E-state index in [-0.39, 0.29) is 29.8 Å². The summed E-state index contributed by atoms with van der Waals surface area (Å²) in [6.07, 6.45) is 3.16. The van der Waals surface area contributed by atoms with Crippen LogP contribution in [0, 0.1) is 11.3 Å². The van der Waals surface area contributed by atoms with E-state index in [0.29, 0.717) is 19.6 Å². The average molecular weight is 284 g/mol. The number of nitrogens with zero attached hydrogens (tertiary/aromatic N) is 1. The third-order valence-corrected chi connectivity index (χ3v) is 4.06. The molecule has 0 spiro atoms. The Hall–Kier alpha value is -1.10. The molecule has 1 rings (SSSR count). The number of amides is 2. The van der Waals surface area contributed by atoms with E-state index in [4.69, 9.17) is 5.11 Å². The van der Waals surface area contributed by atoms with Crippen molar-refractivity contribution in [3.05, 3.63) is 0 Å². The zero-order chi connectivity index (χ0) is 15.2. The van der Waals surface area contributed by atoms with Gasteiger partial charge in [-0.1, -0.05) is 13.8 Å². The molecule has 0 aromatic heterocycles. The molecule has 0 aromatic rings. The molecule has 2 amide bonds. The van der Waals surface area contributed by atoms with Crippen molar-refractivity contribution in [2.45, 2.75) is 46.5 Å². The van der Waals surface area contributed by atoms with Crippen LogP contribution in [-0.4, -0.2) is 48.1 Å². The number of likely N-dealkylation sites (tertiary alicyclic amines) is 1. The third kappa shape index (κ3) is 5.49. The zero-order valence-corrected chi connectivity index (χ0v) is 12.9. The smallest absolute Gasteiger partial charge is 0.223 e. The van der Waals surface area contributed by atoms with Gasteiger partial charge >= 0.3 is 0 Å². The Morgan fingerprint density at radius 3 is 2.40 bits per heavy atom. The standard InChI is InChI=1S/C15H28N2O3/c1-12(19)17-8-5-13(6-9-17)14(20)16-11-15(2,3)7-4-10-18/h13,18H,4-11H2,1-3H3,(H,16,20).